The Morgan fingerprint density at radius 3 is 2.92 bits per heavy atom. The summed E-state index contributed by atoms with van der Waals surface area (Å²) >= 11 is 0. The maximum absolute atomic E-state index is 11.0. The molecule has 0 saturated carbocycles. The smallest absolute Gasteiger partial charge is 0.234 e. The molecule has 1 amide bonds. The first kappa shape index (κ1) is 11.6. The monoisotopic (exact) mass is 178 g/mol. The SMILES string of the molecule is C#CCNCC(=O)NCCC#CC. The number of terminal acetylenes is 1. The predicted octanol–water partition coefficient (Wildman–Crippen LogP) is -0.261. The Balaban J connectivity index is 3.29. The van der Waals surface area contributed by atoms with Crippen molar-refractivity contribution in [3.8, 4) is 24.2 Å². The maximum Gasteiger partial charge on any atom is 0.234 e. The van der Waals surface area contributed by atoms with Crippen LogP contribution in [0.3, 0.4) is 0 Å². The lowest BCUT2D eigenvalue weighted by atomic mass is 10.4. The molecule has 3 nitrogen and oxygen atoms in total. The zero-order valence-corrected chi connectivity index (χ0v) is 7.81. The summed E-state index contributed by atoms with van der Waals surface area (Å²) in [6, 6.07) is 0. The summed E-state index contributed by atoms with van der Waals surface area (Å²) in [5.41, 5.74) is 0. The molecule has 0 saturated heterocycles. The molecule has 0 aliphatic heterocycles. The fraction of sp³-hybridized carbons (Fsp3) is 0.500. The highest BCUT2D eigenvalue weighted by atomic mass is 16.1. The van der Waals surface area contributed by atoms with Crippen molar-refractivity contribution in [2.75, 3.05) is 19.6 Å². The minimum Gasteiger partial charge on any atom is -0.354 e. The Hall–Kier alpha value is -1.45. The van der Waals surface area contributed by atoms with Crippen molar-refractivity contribution < 1.29 is 4.79 Å². The molecule has 0 aliphatic rings. The summed E-state index contributed by atoms with van der Waals surface area (Å²) in [5.74, 6) is 7.94. The number of carbonyl (C=O) groups excluding carboxylic acids is 1. The molecule has 13 heavy (non-hydrogen) atoms. The molecule has 0 aromatic rings. The van der Waals surface area contributed by atoms with Gasteiger partial charge in [0, 0.05) is 13.0 Å². The van der Waals surface area contributed by atoms with Gasteiger partial charge in [0.15, 0.2) is 0 Å². The minimum absolute atomic E-state index is 0.0480. The van der Waals surface area contributed by atoms with Crippen LogP contribution in [0, 0.1) is 24.2 Å². The quantitative estimate of drug-likeness (QED) is 0.450. The molecule has 0 bridgehead atoms. The van der Waals surface area contributed by atoms with Gasteiger partial charge in [0.1, 0.15) is 0 Å². The van der Waals surface area contributed by atoms with Crippen molar-refractivity contribution >= 4 is 5.91 Å². The van der Waals surface area contributed by atoms with E-state index in [1.54, 1.807) is 6.92 Å². The van der Waals surface area contributed by atoms with Crippen molar-refractivity contribution in [1.82, 2.24) is 10.6 Å². The van der Waals surface area contributed by atoms with Crippen LogP contribution >= 0.6 is 0 Å². The first-order valence-electron chi connectivity index (χ1n) is 4.11. The van der Waals surface area contributed by atoms with Gasteiger partial charge in [0.2, 0.25) is 5.91 Å². The van der Waals surface area contributed by atoms with Gasteiger partial charge >= 0.3 is 0 Å². The second-order valence-corrected chi connectivity index (χ2v) is 2.33. The van der Waals surface area contributed by atoms with Crippen LogP contribution in [-0.4, -0.2) is 25.5 Å². The fourth-order valence-electron chi connectivity index (χ4n) is 0.700. The standard InChI is InChI=1S/C10H14N2O/c1-3-5-6-8-12-10(13)9-11-7-4-2/h2,11H,6-9H2,1H3,(H,12,13). The van der Waals surface area contributed by atoms with Crippen LogP contribution in [-0.2, 0) is 4.79 Å². The average Bonchev–Trinajstić information content (AvgIpc) is 2.13. The van der Waals surface area contributed by atoms with Crippen molar-refractivity contribution in [2.45, 2.75) is 13.3 Å². The molecule has 0 spiro atoms. The van der Waals surface area contributed by atoms with E-state index in [4.69, 9.17) is 6.42 Å². The number of carbonyl (C=O) groups is 1. The Morgan fingerprint density at radius 2 is 2.31 bits per heavy atom. The van der Waals surface area contributed by atoms with E-state index in [-0.39, 0.29) is 12.5 Å². The van der Waals surface area contributed by atoms with E-state index in [2.05, 4.69) is 28.4 Å². The molecule has 0 radical (unpaired) electrons. The van der Waals surface area contributed by atoms with E-state index in [1.165, 1.54) is 0 Å². The van der Waals surface area contributed by atoms with Gasteiger partial charge in [-0.05, 0) is 6.92 Å². The third-order valence-corrected chi connectivity index (χ3v) is 1.26. The van der Waals surface area contributed by atoms with Gasteiger partial charge in [-0.1, -0.05) is 5.92 Å². The van der Waals surface area contributed by atoms with Crippen LogP contribution in [0.2, 0.25) is 0 Å². The molecular weight excluding hydrogens is 164 g/mol. The first-order chi connectivity index (χ1) is 6.31. The van der Waals surface area contributed by atoms with Gasteiger partial charge in [-0.2, -0.15) is 0 Å². The zero-order chi connectivity index (χ0) is 9.94. The molecule has 0 aromatic heterocycles. The molecule has 0 aromatic carbocycles. The Morgan fingerprint density at radius 1 is 1.54 bits per heavy atom. The average molecular weight is 178 g/mol. The fourth-order valence-corrected chi connectivity index (χ4v) is 0.700. The topological polar surface area (TPSA) is 41.1 Å². The minimum atomic E-state index is -0.0480. The molecule has 0 aliphatic carbocycles. The number of hydrogen-bond acceptors (Lipinski definition) is 2. The van der Waals surface area contributed by atoms with Crippen molar-refractivity contribution in [2.24, 2.45) is 0 Å². The number of amides is 1. The van der Waals surface area contributed by atoms with Crippen LogP contribution in [0.1, 0.15) is 13.3 Å². The molecule has 70 valence electrons. The van der Waals surface area contributed by atoms with Crippen LogP contribution in [0.25, 0.3) is 0 Å². The third-order valence-electron chi connectivity index (χ3n) is 1.26. The Kier molecular flexibility index (Phi) is 7.68. The summed E-state index contributed by atoms with van der Waals surface area (Å²) in [6.45, 7) is 3.06. The summed E-state index contributed by atoms with van der Waals surface area (Å²) in [7, 11) is 0. The third kappa shape index (κ3) is 8.46. The normalized spacial score (nSPS) is 8.00. The van der Waals surface area contributed by atoms with E-state index >= 15 is 0 Å². The van der Waals surface area contributed by atoms with Gasteiger partial charge in [-0.15, -0.1) is 18.3 Å². The molecular formula is C10H14N2O. The van der Waals surface area contributed by atoms with Gasteiger partial charge < -0.3 is 5.32 Å². The summed E-state index contributed by atoms with van der Waals surface area (Å²) in [4.78, 5) is 11.0. The van der Waals surface area contributed by atoms with Gasteiger partial charge in [-0.3, -0.25) is 10.1 Å². The van der Waals surface area contributed by atoms with Crippen LogP contribution in [0.5, 0.6) is 0 Å². The molecule has 0 unspecified atom stereocenters. The zero-order valence-electron chi connectivity index (χ0n) is 7.81. The van der Waals surface area contributed by atoms with Gasteiger partial charge in [-0.25, -0.2) is 0 Å². The van der Waals surface area contributed by atoms with Crippen molar-refractivity contribution in [3.63, 3.8) is 0 Å². The summed E-state index contributed by atoms with van der Waals surface area (Å²) in [6.07, 6.45) is 5.68. The lowest BCUT2D eigenvalue weighted by Gasteiger charge is -2.01. The second kappa shape index (κ2) is 8.64. The van der Waals surface area contributed by atoms with E-state index in [9.17, 15) is 4.79 Å². The predicted molar refractivity (Wildman–Crippen MR) is 52.8 cm³/mol. The van der Waals surface area contributed by atoms with Crippen LogP contribution in [0.15, 0.2) is 0 Å². The molecule has 3 heteroatoms. The second-order valence-electron chi connectivity index (χ2n) is 2.33. The highest BCUT2D eigenvalue weighted by molar-refractivity contribution is 5.77. The van der Waals surface area contributed by atoms with Crippen LogP contribution in [0.4, 0.5) is 0 Å². The van der Waals surface area contributed by atoms with Gasteiger partial charge in [0.05, 0.1) is 13.1 Å². The number of nitrogens with one attached hydrogen (secondary N) is 2. The molecule has 0 heterocycles. The molecule has 0 atom stereocenters. The van der Waals surface area contributed by atoms with E-state index in [0.29, 0.717) is 19.5 Å². The maximum atomic E-state index is 11.0. The lowest BCUT2D eigenvalue weighted by Crippen LogP contribution is -2.34. The number of rotatable bonds is 5. The van der Waals surface area contributed by atoms with Crippen LogP contribution < -0.4 is 10.6 Å². The van der Waals surface area contributed by atoms with E-state index < -0.39 is 0 Å². The number of hydrogen-bond donors (Lipinski definition) is 2. The Bertz CT molecular complexity index is 242. The highest BCUT2D eigenvalue weighted by Gasteiger charge is 1.96. The van der Waals surface area contributed by atoms with Crippen molar-refractivity contribution in [3.05, 3.63) is 0 Å². The summed E-state index contributed by atoms with van der Waals surface area (Å²) in [5, 5.41) is 5.50. The van der Waals surface area contributed by atoms with Gasteiger partial charge in [0.25, 0.3) is 0 Å². The first-order valence-corrected chi connectivity index (χ1v) is 4.11. The molecule has 2 N–H and O–H groups in total. The van der Waals surface area contributed by atoms with Crippen molar-refractivity contribution in [1.29, 1.82) is 0 Å². The molecule has 0 rings (SSSR count). The Labute approximate surface area is 79.3 Å². The summed E-state index contributed by atoms with van der Waals surface area (Å²) < 4.78 is 0. The molecule has 0 fully saturated rings. The highest BCUT2D eigenvalue weighted by Crippen LogP contribution is 1.72. The van der Waals surface area contributed by atoms with E-state index in [1.807, 2.05) is 0 Å². The lowest BCUT2D eigenvalue weighted by molar-refractivity contribution is -0.120. The largest absolute Gasteiger partial charge is 0.354 e. The van der Waals surface area contributed by atoms with E-state index in [0.717, 1.165) is 0 Å².